The lowest BCUT2D eigenvalue weighted by Gasteiger charge is -2.16. The lowest BCUT2D eigenvalue weighted by atomic mass is 10.0. The molecule has 0 radical (unpaired) electrons. The van der Waals surface area contributed by atoms with Crippen molar-refractivity contribution in [3.63, 3.8) is 0 Å². The van der Waals surface area contributed by atoms with E-state index in [-0.39, 0.29) is 0 Å². The van der Waals surface area contributed by atoms with Crippen LogP contribution in [0.3, 0.4) is 0 Å². The van der Waals surface area contributed by atoms with Crippen LogP contribution < -0.4 is 4.74 Å². The quantitative estimate of drug-likeness (QED) is 0.766. The van der Waals surface area contributed by atoms with Gasteiger partial charge in [-0.05, 0) is 34.6 Å². The van der Waals surface area contributed by atoms with Crippen molar-refractivity contribution in [2.45, 2.75) is 6.54 Å². The number of rotatable bonds is 5. The Labute approximate surface area is 152 Å². The van der Waals surface area contributed by atoms with Gasteiger partial charge in [0, 0.05) is 25.8 Å². The zero-order valence-corrected chi connectivity index (χ0v) is 14.8. The second-order valence-electron chi connectivity index (χ2n) is 7.41. The van der Waals surface area contributed by atoms with E-state index >= 15 is 0 Å². The zero-order chi connectivity index (χ0) is 17.7. The minimum atomic E-state index is 0.330. The van der Waals surface area contributed by atoms with E-state index in [0.29, 0.717) is 24.4 Å². The smallest absolute Gasteiger partial charge is 0.151 e. The maximum Gasteiger partial charge on any atom is 0.151 e. The standard InChI is InChI=1S/C21H22N2O3/c1-25-20-7-6-13-4-2-3-5-15(13)21(20)19-8-14(26-22-19)9-23-10-16-17(11-23)18(16)12-24/h2-8,16-18,24H,9-12H2,1H3/t16-,17+,18?. The van der Waals surface area contributed by atoms with Crippen LogP contribution in [0.15, 0.2) is 47.0 Å². The summed E-state index contributed by atoms with van der Waals surface area (Å²) in [4.78, 5) is 2.39. The molecule has 2 aromatic carbocycles. The summed E-state index contributed by atoms with van der Waals surface area (Å²) in [6.07, 6.45) is 0. The Bertz CT molecular complexity index is 939. The summed E-state index contributed by atoms with van der Waals surface area (Å²) in [5, 5.41) is 15.9. The molecular weight excluding hydrogens is 328 g/mol. The van der Waals surface area contributed by atoms with Gasteiger partial charge < -0.3 is 14.4 Å². The third-order valence-electron chi connectivity index (χ3n) is 5.96. The van der Waals surface area contributed by atoms with Gasteiger partial charge in [-0.15, -0.1) is 0 Å². The van der Waals surface area contributed by atoms with Gasteiger partial charge in [-0.1, -0.05) is 35.5 Å². The first kappa shape index (κ1) is 15.9. The van der Waals surface area contributed by atoms with Gasteiger partial charge in [0.25, 0.3) is 0 Å². The van der Waals surface area contributed by atoms with Crippen LogP contribution in [0.5, 0.6) is 5.75 Å². The number of fused-ring (bicyclic) bond motifs is 2. The predicted molar refractivity (Wildman–Crippen MR) is 98.8 cm³/mol. The van der Waals surface area contributed by atoms with Crippen LogP contribution in [-0.4, -0.2) is 42.0 Å². The number of benzene rings is 2. The summed E-state index contributed by atoms with van der Waals surface area (Å²) >= 11 is 0. The maximum atomic E-state index is 9.29. The van der Waals surface area contributed by atoms with Crippen molar-refractivity contribution in [2.75, 3.05) is 26.8 Å². The van der Waals surface area contributed by atoms with Crippen molar-refractivity contribution in [2.24, 2.45) is 17.8 Å². The Morgan fingerprint density at radius 3 is 2.77 bits per heavy atom. The van der Waals surface area contributed by atoms with Crippen LogP contribution in [0, 0.1) is 17.8 Å². The highest BCUT2D eigenvalue weighted by Gasteiger charge is 2.54. The molecule has 2 fully saturated rings. The minimum absolute atomic E-state index is 0.330. The van der Waals surface area contributed by atoms with E-state index in [1.807, 2.05) is 24.3 Å². The molecular formula is C21H22N2O3. The molecule has 5 nitrogen and oxygen atoms in total. The van der Waals surface area contributed by atoms with Crippen molar-refractivity contribution >= 4 is 10.8 Å². The summed E-state index contributed by atoms with van der Waals surface area (Å²) in [7, 11) is 1.68. The van der Waals surface area contributed by atoms with E-state index in [9.17, 15) is 5.11 Å². The Hall–Kier alpha value is -2.37. The van der Waals surface area contributed by atoms with Crippen molar-refractivity contribution < 1.29 is 14.4 Å². The molecule has 0 spiro atoms. The van der Waals surface area contributed by atoms with E-state index < -0.39 is 0 Å². The monoisotopic (exact) mass is 350 g/mol. The molecule has 3 atom stereocenters. The van der Waals surface area contributed by atoms with Crippen LogP contribution in [0.4, 0.5) is 0 Å². The van der Waals surface area contributed by atoms with Crippen LogP contribution >= 0.6 is 0 Å². The highest BCUT2D eigenvalue weighted by molar-refractivity contribution is 5.98. The summed E-state index contributed by atoms with van der Waals surface area (Å²) in [5.41, 5.74) is 1.79. The molecule has 1 saturated carbocycles. The number of likely N-dealkylation sites (tertiary alicyclic amines) is 1. The summed E-state index contributed by atoms with van der Waals surface area (Å²) in [6, 6.07) is 14.3. The van der Waals surface area contributed by atoms with E-state index in [1.54, 1.807) is 7.11 Å². The number of piperidine rings is 1. The van der Waals surface area contributed by atoms with Gasteiger partial charge in [0.1, 0.15) is 11.4 Å². The molecule has 5 rings (SSSR count). The second-order valence-corrected chi connectivity index (χ2v) is 7.41. The lowest BCUT2D eigenvalue weighted by Crippen LogP contribution is -2.24. The zero-order valence-electron chi connectivity index (χ0n) is 14.8. The molecule has 26 heavy (non-hydrogen) atoms. The first-order chi connectivity index (χ1) is 12.8. The van der Waals surface area contributed by atoms with Crippen LogP contribution in [-0.2, 0) is 6.54 Å². The van der Waals surface area contributed by atoms with Gasteiger partial charge in [0.2, 0.25) is 0 Å². The Morgan fingerprint density at radius 1 is 1.19 bits per heavy atom. The SMILES string of the molecule is COc1ccc2ccccc2c1-c1cc(CN2C[C@@H]3C(CO)[C@@H]3C2)on1. The molecule has 3 aromatic rings. The number of aromatic nitrogens is 1. The van der Waals surface area contributed by atoms with Gasteiger partial charge >= 0.3 is 0 Å². The van der Waals surface area contributed by atoms with E-state index in [2.05, 4.69) is 28.3 Å². The Morgan fingerprint density at radius 2 is 2.00 bits per heavy atom. The molecule has 1 N–H and O–H groups in total. The van der Waals surface area contributed by atoms with Gasteiger partial charge in [-0.3, -0.25) is 4.90 Å². The first-order valence-corrected chi connectivity index (χ1v) is 9.13. The lowest BCUT2D eigenvalue weighted by molar-refractivity contribution is 0.205. The number of hydrogen-bond acceptors (Lipinski definition) is 5. The van der Waals surface area contributed by atoms with Crippen molar-refractivity contribution in [3.8, 4) is 17.0 Å². The molecule has 1 aliphatic heterocycles. The topological polar surface area (TPSA) is 58.7 Å². The highest BCUT2D eigenvalue weighted by atomic mass is 16.5. The van der Waals surface area contributed by atoms with Crippen molar-refractivity contribution in [1.82, 2.24) is 10.1 Å². The molecule has 5 heteroatoms. The number of aliphatic hydroxyl groups is 1. The largest absolute Gasteiger partial charge is 0.496 e. The molecule has 2 aliphatic rings. The molecule has 1 saturated heterocycles. The normalized spacial score (nSPS) is 24.8. The van der Waals surface area contributed by atoms with E-state index in [0.717, 1.165) is 53.2 Å². The number of nitrogens with zero attached hydrogens (tertiary/aromatic N) is 2. The van der Waals surface area contributed by atoms with E-state index in [1.165, 1.54) is 0 Å². The van der Waals surface area contributed by atoms with Gasteiger partial charge in [0.15, 0.2) is 5.76 Å². The van der Waals surface area contributed by atoms with Crippen LogP contribution in [0.1, 0.15) is 5.76 Å². The van der Waals surface area contributed by atoms with E-state index in [4.69, 9.17) is 9.26 Å². The maximum absolute atomic E-state index is 9.29. The average Bonchev–Trinajstić information content (AvgIpc) is 3.01. The summed E-state index contributed by atoms with van der Waals surface area (Å²) < 4.78 is 11.2. The molecule has 2 heterocycles. The highest BCUT2D eigenvalue weighted by Crippen LogP contribution is 2.51. The molecule has 1 unspecified atom stereocenters. The molecule has 1 aliphatic carbocycles. The molecule has 134 valence electrons. The number of methoxy groups -OCH3 is 1. The van der Waals surface area contributed by atoms with Crippen LogP contribution in [0.25, 0.3) is 22.0 Å². The summed E-state index contributed by atoms with van der Waals surface area (Å²) in [6.45, 7) is 3.19. The number of hydrogen-bond donors (Lipinski definition) is 1. The van der Waals surface area contributed by atoms with Gasteiger partial charge in [-0.2, -0.15) is 0 Å². The predicted octanol–water partition coefficient (Wildman–Crippen LogP) is 3.17. The Kier molecular flexibility index (Phi) is 3.72. The average molecular weight is 350 g/mol. The van der Waals surface area contributed by atoms with Gasteiger partial charge in [0.05, 0.1) is 19.2 Å². The molecule has 0 bridgehead atoms. The first-order valence-electron chi connectivity index (χ1n) is 9.13. The molecule has 0 amide bonds. The number of ether oxygens (including phenoxy) is 1. The van der Waals surface area contributed by atoms with Gasteiger partial charge in [-0.25, -0.2) is 0 Å². The minimum Gasteiger partial charge on any atom is -0.496 e. The van der Waals surface area contributed by atoms with Crippen molar-refractivity contribution in [1.29, 1.82) is 0 Å². The third-order valence-corrected chi connectivity index (χ3v) is 5.96. The van der Waals surface area contributed by atoms with Crippen molar-refractivity contribution in [3.05, 3.63) is 48.2 Å². The second kappa shape index (κ2) is 6.11. The molecule has 1 aromatic heterocycles. The third kappa shape index (κ3) is 2.50. The number of aliphatic hydroxyl groups excluding tert-OH is 1. The Balaban J connectivity index is 1.41. The fraction of sp³-hybridized carbons (Fsp3) is 0.381. The van der Waals surface area contributed by atoms with Crippen LogP contribution in [0.2, 0.25) is 0 Å². The summed E-state index contributed by atoms with van der Waals surface area (Å²) in [5.74, 6) is 3.53. The fourth-order valence-corrected chi connectivity index (χ4v) is 4.55. The fourth-order valence-electron chi connectivity index (χ4n) is 4.55.